The van der Waals surface area contributed by atoms with E-state index in [1.165, 1.54) is 0 Å². The Labute approximate surface area is 225 Å². The first-order chi connectivity index (χ1) is 19.3. The molecular formula is C35H25N3O. The molecule has 4 aromatic carbocycles. The maximum atomic E-state index is 6.55. The number of fused-ring (bicyclic) bond motifs is 6. The lowest BCUT2D eigenvalue weighted by Crippen LogP contribution is -2.07. The monoisotopic (exact) mass is 503 g/mol. The zero-order valence-corrected chi connectivity index (χ0v) is 21.5. The highest BCUT2D eigenvalue weighted by Gasteiger charge is 2.24. The van der Waals surface area contributed by atoms with Crippen molar-refractivity contribution in [1.29, 1.82) is 0 Å². The second-order valence-electron chi connectivity index (χ2n) is 10.3. The molecule has 0 fully saturated rings. The van der Waals surface area contributed by atoms with Gasteiger partial charge in [-0.25, -0.2) is 4.98 Å². The van der Waals surface area contributed by atoms with Crippen molar-refractivity contribution in [3.63, 3.8) is 0 Å². The molecule has 2 atom stereocenters. The van der Waals surface area contributed by atoms with E-state index in [4.69, 9.17) is 9.40 Å². The van der Waals surface area contributed by atoms with Crippen LogP contribution in [-0.4, -0.2) is 14.5 Å². The summed E-state index contributed by atoms with van der Waals surface area (Å²) in [6.07, 6.45) is 10.4. The number of nitrogens with zero attached hydrogens (tertiary/aromatic N) is 3. The van der Waals surface area contributed by atoms with E-state index in [0.717, 1.165) is 66.5 Å². The molecule has 0 amide bonds. The molecule has 8 rings (SSSR count). The Morgan fingerprint density at radius 1 is 0.769 bits per heavy atom. The van der Waals surface area contributed by atoms with Crippen molar-refractivity contribution >= 4 is 43.8 Å². The van der Waals surface area contributed by atoms with E-state index in [9.17, 15) is 0 Å². The van der Waals surface area contributed by atoms with E-state index in [2.05, 4.69) is 126 Å². The lowest BCUT2D eigenvalue weighted by Gasteiger charge is -2.16. The molecule has 7 aromatic rings. The molecular weight excluding hydrogens is 478 g/mol. The van der Waals surface area contributed by atoms with Crippen molar-refractivity contribution in [3.8, 4) is 16.8 Å². The molecule has 1 aliphatic rings. The van der Waals surface area contributed by atoms with Crippen LogP contribution in [0.5, 0.6) is 0 Å². The molecule has 186 valence electrons. The van der Waals surface area contributed by atoms with E-state index in [0.29, 0.717) is 5.92 Å². The summed E-state index contributed by atoms with van der Waals surface area (Å²) in [6, 6.07) is 32.0. The molecule has 0 aliphatic heterocycles. The second kappa shape index (κ2) is 8.53. The van der Waals surface area contributed by atoms with Crippen molar-refractivity contribution in [3.05, 3.63) is 127 Å². The van der Waals surface area contributed by atoms with Crippen LogP contribution < -0.4 is 0 Å². The molecule has 0 N–H and O–H groups in total. The molecule has 0 saturated heterocycles. The number of aromatic nitrogens is 3. The zero-order chi connectivity index (χ0) is 25.9. The van der Waals surface area contributed by atoms with Crippen molar-refractivity contribution < 1.29 is 4.42 Å². The highest BCUT2D eigenvalue weighted by Crippen LogP contribution is 2.39. The maximum absolute atomic E-state index is 6.55. The number of para-hydroxylation sites is 2. The standard InChI is InChI=1S/C35H25N3O/c1-22-8-2-3-11-26(22)35-37-29-19-20-31-32(34(29)39-35)28-12-4-5-14-30(28)38(31)25-17-15-23(16-18-25)27-13-6-9-24-10-7-21-36-33(24)27/h2-22,26H,1H3. The molecule has 4 nitrogen and oxygen atoms in total. The fourth-order valence-corrected chi connectivity index (χ4v) is 6.03. The molecule has 3 aromatic heterocycles. The number of benzene rings is 4. The van der Waals surface area contributed by atoms with Crippen molar-refractivity contribution in [2.45, 2.75) is 12.8 Å². The molecule has 39 heavy (non-hydrogen) atoms. The van der Waals surface area contributed by atoms with Crippen LogP contribution in [-0.2, 0) is 0 Å². The van der Waals surface area contributed by atoms with Gasteiger partial charge in [0.25, 0.3) is 0 Å². The van der Waals surface area contributed by atoms with Crippen LogP contribution in [0.15, 0.2) is 126 Å². The highest BCUT2D eigenvalue weighted by molar-refractivity contribution is 6.19. The van der Waals surface area contributed by atoms with Crippen LogP contribution >= 0.6 is 0 Å². The van der Waals surface area contributed by atoms with Gasteiger partial charge in [-0.05, 0) is 47.9 Å². The average Bonchev–Trinajstić information content (AvgIpc) is 3.56. The van der Waals surface area contributed by atoms with E-state index < -0.39 is 0 Å². The van der Waals surface area contributed by atoms with Crippen LogP contribution in [0, 0.1) is 5.92 Å². The Kier molecular flexibility index (Phi) is 4.83. The van der Waals surface area contributed by atoms with Gasteiger partial charge in [0.15, 0.2) is 5.58 Å². The fraction of sp³-hybridized carbons (Fsp3) is 0.0857. The molecule has 4 heteroatoms. The third-order valence-corrected chi connectivity index (χ3v) is 7.97. The Balaban J connectivity index is 1.31. The van der Waals surface area contributed by atoms with Gasteiger partial charge < -0.3 is 8.98 Å². The average molecular weight is 504 g/mol. The van der Waals surface area contributed by atoms with Crippen molar-refractivity contribution in [2.75, 3.05) is 0 Å². The largest absolute Gasteiger partial charge is 0.439 e. The van der Waals surface area contributed by atoms with Gasteiger partial charge >= 0.3 is 0 Å². The van der Waals surface area contributed by atoms with E-state index >= 15 is 0 Å². The van der Waals surface area contributed by atoms with Crippen molar-refractivity contribution in [2.24, 2.45) is 5.92 Å². The van der Waals surface area contributed by atoms with Gasteiger partial charge in [-0.15, -0.1) is 0 Å². The van der Waals surface area contributed by atoms with Crippen LogP contribution in [0.4, 0.5) is 0 Å². The summed E-state index contributed by atoms with van der Waals surface area (Å²) >= 11 is 0. The minimum Gasteiger partial charge on any atom is -0.439 e. The Morgan fingerprint density at radius 2 is 1.62 bits per heavy atom. The molecule has 1 aliphatic carbocycles. The molecule has 2 unspecified atom stereocenters. The number of pyridine rings is 1. The Hall–Kier alpha value is -4.96. The van der Waals surface area contributed by atoms with Gasteiger partial charge in [0.2, 0.25) is 5.89 Å². The van der Waals surface area contributed by atoms with E-state index in [1.807, 2.05) is 12.3 Å². The number of rotatable bonds is 3. The molecule has 0 radical (unpaired) electrons. The summed E-state index contributed by atoms with van der Waals surface area (Å²) in [5, 5.41) is 3.41. The van der Waals surface area contributed by atoms with Crippen LogP contribution in [0.25, 0.3) is 60.6 Å². The van der Waals surface area contributed by atoms with Crippen LogP contribution in [0.3, 0.4) is 0 Å². The summed E-state index contributed by atoms with van der Waals surface area (Å²) in [4.78, 5) is 9.58. The minimum absolute atomic E-state index is 0.141. The maximum Gasteiger partial charge on any atom is 0.203 e. The Morgan fingerprint density at radius 3 is 2.51 bits per heavy atom. The topological polar surface area (TPSA) is 43.9 Å². The van der Waals surface area contributed by atoms with Crippen LogP contribution in [0.1, 0.15) is 18.7 Å². The summed E-state index contributed by atoms with van der Waals surface area (Å²) in [5.74, 6) is 1.26. The lowest BCUT2D eigenvalue weighted by atomic mass is 9.90. The predicted octanol–water partition coefficient (Wildman–Crippen LogP) is 8.99. The number of hydrogen-bond acceptors (Lipinski definition) is 3. The third-order valence-electron chi connectivity index (χ3n) is 7.97. The summed E-state index contributed by atoms with van der Waals surface area (Å²) < 4.78 is 8.87. The first-order valence-electron chi connectivity index (χ1n) is 13.4. The van der Waals surface area contributed by atoms with Crippen LogP contribution in [0.2, 0.25) is 0 Å². The molecule has 0 saturated carbocycles. The van der Waals surface area contributed by atoms with Gasteiger partial charge in [-0.2, -0.15) is 0 Å². The quantitative estimate of drug-likeness (QED) is 0.242. The van der Waals surface area contributed by atoms with Crippen molar-refractivity contribution in [1.82, 2.24) is 14.5 Å². The lowest BCUT2D eigenvalue weighted by molar-refractivity contribution is 0.463. The first kappa shape index (κ1) is 22.1. The first-order valence-corrected chi connectivity index (χ1v) is 13.4. The smallest absolute Gasteiger partial charge is 0.203 e. The molecule has 0 bridgehead atoms. The molecule has 0 spiro atoms. The van der Waals surface area contributed by atoms with Gasteiger partial charge in [0, 0.05) is 28.2 Å². The SMILES string of the molecule is CC1C=CC=CC1c1nc2ccc3c(c4ccccc4n3-c3ccc(-c4cccc5cccnc45)cc3)c2o1. The summed E-state index contributed by atoms with van der Waals surface area (Å²) in [5.41, 5.74) is 8.41. The predicted molar refractivity (Wildman–Crippen MR) is 159 cm³/mol. The van der Waals surface area contributed by atoms with Gasteiger partial charge in [-0.3, -0.25) is 4.98 Å². The fourth-order valence-electron chi connectivity index (χ4n) is 6.03. The minimum atomic E-state index is 0.141. The van der Waals surface area contributed by atoms with Gasteiger partial charge in [0.1, 0.15) is 5.52 Å². The number of allylic oxidation sites excluding steroid dienone is 4. The summed E-state index contributed by atoms with van der Waals surface area (Å²) in [7, 11) is 0. The Bertz CT molecular complexity index is 2090. The van der Waals surface area contributed by atoms with Gasteiger partial charge in [-0.1, -0.05) is 85.8 Å². The third kappa shape index (κ3) is 3.38. The number of oxazole rings is 1. The highest BCUT2D eigenvalue weighted by atomic mass is 16.3. The van der Waals surface area contributed by atoms with E-state index in [-0.39, 0.29) is 5.92 Å². The van der Waals surface area contributed by atoms with E-state index in [1.54, 1.807) is 0 Å². The normalized spacial score (nSPS) is 17.2. The molecule has 3 heterocycles. The zero-order valence-electron chi connectivity index (χ0n) is 21.5. The second-order valence-corrected chi connectivity index (χ2v) is 10.3. The summed E-state index contributed by atoms with van der Waals surface area (Å²) in [6.45, 7) is 2.21. The number of hydrogen-bond donors (Lipinski definition) is 0. The van der Waals surface area contributed by atoms with Gasteiger partial charge in [0.05, 0.1) is 27.9 Å².